The van der Waals surface area contributed by atoms with Gasteiger partial charge in [-0.3, -0.25) is 4.68 Å². The molecule has 1 aromatic heterocycles. The Morgan fingerprint density at radius 2 is 2.50 bits per heavy atom. The Morgan fingerprint density at radius 1 is 1.70 bits per heavy atom. The molecule has 0 aliphatic carbocycles. The van der Waals surface area contributed by atoms with Gasteiger partial charge in [-0.1, -0.05) is 0 Å². The molecule has 0 aliphatic heterocycles. The maximum Gasteiger partial charge on any atom is 0.176 e. The summed E-state index contributed by atoms with van der Waals surface area (Å²) in [5.74, 6) is 0.740. The normalized spacial score (nSPS) is 10.2. The first-order chi connectivity index (χ1) is 4.83. The van der Waals surface area contributed by atoms with E-state index in [1.807, 2.05) is 14.0 Å². The summed E-state index contributed by atoms with van der Waals surface area (Å²) >= 11 is 0. The number of hydrogen-bond acceptors (Lipinski definition) is 3. The van der Waals surface area contributed by atoms with Crippen LogP contribution in [0.25, 0.3) is 0 Å². The molecular weight excluding hydrogens is 130 g/mol. The second-order valence-electron chi connectivity index (χ2n) is 1.97. The lowest BCUT2D eigenvalue weighted by atomic mass is 10.7. The highest BCUT2D eigenvalue weighted by atomic mass is 16.5. The van der Waals surface area contributed by atoms with Crippen LogP contribution in [-0.4, -0.2) is 21.4 Å². The van der Waals surface area contributed by atoms with Crippen molar-refractivity contribution < 1.29 is 4.74 Å². The molecule has 1 aromatic rings. The molecule has 4 nitrogen and oxygen atoms in total. The molecule has 56 valence electrons. The van der Waals surface area contributed by atoms with E-state index in [0.717, 1.165) is 5.82 Å². The summed E-state index contributed by atoms with van der Waals surface area (Å²) in [6, 6.07) is 0. The average molecular weight is 141 g/mol. The van der Waals surface area contributed by atoms with Gasteiger partial charge in [0, 0.05) is 13.7 Å². The quantitative estimate of drug-likeness (QED) is 0.609. The molecule has 0 saturated carbocycles. The summed E-state index contributed by atoms with van der Waals surface area (Å²) in [4.78, 5) is 3.98. The van der Waals surface area contributed by atoms with Crippen LogP contribution >= 0.6 is 0 Å². The first-order valence-corrected chi connectivity index (χ1v) is 3.25. The number of aromatic nitrogens is 3. The second kappa shape index (κ2) is 3.31. The third-order valence-corrected chi connectivity index (χ3v) is 1.08. The number of rotatable bonds is 3. The van der Waals surface area contributed by atoms with Gasteiger partial charge < -0.3 is 4.74 Å². The first kappa shape index (κ1) is 7.21. The Labute approximate surface area is 59.8 Å². The zero-order valence-corrected chi connectivity index (χ0v) is 6.24. The predicted octanol–water partition coefficient (Wildman–Crippen LogP) is 0.352. The predicted molar refractivity (Wildman–Crippen MR) is 36.3 cm³/mol. The van der Waals surface area contributed by atoms with E-state index in [9.17, 15) is 0 Å². The van der Waals surface area contributed by atoms with Crippen LogP contribution in [-0.2, 0) is 18.4 Å². The van der Waals surface area contributed by atoms with E-state index in [4.69, 9.17) is 4.74 Å². The summed E-state index contributed by atoms with van der Waals surface area (Å²) in [5.41, 5.74) is 0. The fraction of sp³-hybridized carbons (Fsp3) is 0.667. The number of hydrogen-bond donors (Lipinski definition) is 0. The van der Waals surface area contributed by atoms with Crippen LogP contribution in [0.5, 0.6) is 0 Å². The van der Waals surface area contributed by atoms with Gasteiger partial charge in [0.25, 0.3) is 0 Å². The molecule has 0 fully saturated rings. The molecule has 1 rings (SSSR count). The van der Waals surface area contributed by atoms with E-state index in [1.165, 1.54) is 0 Å². The summed E-state index contributed by atoms with van der Waals surface area (Å²) in [6.07, 6.45) is 1.66. The van der Waals surface area contributed by atoms with Crippen molar-refractivity contribution in [3.8, 4) is 0 Å². The van der Waals surface area contributed by atoms with Crippen LogP contribution in [0, 0.1) is 0 Å². The van der Waals surface area contributed by atoms with Crippen molar-refractivity contribution >= 4 is 0 Å². The van der Waals surface area contributed by atoms with Gasteiger partial charge in [0.1, 0.15) is 12.9 Å². The zero-order chi connectivity index (χ0) is 7.40. The van der Waals surface area contributed by atoms with Gasteiger partial charge in [-0.05, 0) is 6.92 Å². The molecule has 1 heterocycles. The lowest BCUT2D eigenvalue weighted by Gasteiger charge is -1.92. The van der Waals surface area contributed by atoms with Gasteiger partial charge >= 0.3 is 0 Å². The molecule has 0 radical (unpaired) electrons. The lowest BCUT2D eigenvalue weighted by Crippen LogP contribution is -1.95. The summed E-state index contributed by atoms with van der Waals surface area (Å²) in [7, 11) is 1.84. The van der Waals surface area contributed by atoms with E-state index in [2.05, 4.69) is 10.1 Å². The Balaban J connectivity index is 2.42. The highest BCUT2D eigenvalue weighted by Gasteiger charge is 1.95. The number of nitrogens with zero attached hydrogens (tertiary/aromatic N) is 3. The fourth-order valence-corrected chi connectivity index (χ4v) is 0.643. The van der Waals surface area contributed by atoms with E-state index in [1.54, 1.807) is 11.0 Å². The third-order valence-electron chi connectivity index (χ3n) is 1.08. The summed E-state index contributed by atoms with van der Waals surface area (Å²) in [5, 5.41) is 4.03. The Hall–Kier alpha value is -0.900. The van der Waals surface area contributed by atoms with Crippen LogP contribution in [0.4, 0.5) is 0 Å². The average Bonchev–Trinajstić information content (AvgIpc) is 2.31. The smallest absolute Gasteiger partial charge is 0.176 e. The van der Waals surface area contributed by atoms with Crippen LogP contribution in [0.1, 0.15) is 12.7 Å². The molecule has 0 N–H and O–H groups in total. The molecule has 0 aromatic carbocycles. The Bertz CT molecular complexity index is 197. The minimum Gasteiger partial charge on any atom is -0.374 e. The Morgan fingerprint density at radius 3 is 3.00 bits per heavy atom. The van der Waals surface area contributed by atoms with E-state index in [0.29, 0.717) is 13.2 Å². The van der Waals surface area contributed by atoms with Crippen molar-refractivity contribution in [3.05, 3.63) is 12.2 Å². The maximum absolute atomic E-state index is 5.09. The molecule has 0 amide bonds. The molecule has 0 atom stereocenters. The maximum atomic E-state index is 5.09. The highest BCUT2D eigenvalue weighted by Crippen LogP contribution is 1.89. The lowest BCUT2D eigenvalue weighted by molar-refractivity contribution is 0.128. The van der Waals surface area contributed by atoms with Gasteiger partial charge in [0.05, 0.1) is 0 Å². The van der Waals surface area contributed by atoms with Gasteiger partial charge in [-0.25, -0.2) is 4.98 Å². The fourth-order valence-electron chi connectivity index (χ4n) is 0.643. The van der Waals surface area contributed by atoms with Crippen LogP contribution in [0.15, 0.2) is 6.33 Å². The molecule has 0 aliphatic rings. The molecular formula is C6H11N3O. The summed E-state index contributed by atoms with van der Waals surface area (Å²) in [6.45, 7) is 3.17. The van der Waals surface area contributed by atoms with E-state index in [-0.39, 0.29) is 0 Å². The SMILES string of the molecule is CCOCc1ncn(C)n1. The van der Waals surface area contributed by atoms with Crippen LogP contribution < -0.4 is 0 Å². The third kappa shape index (κ3) is 1.80. The van der Waals surface area contributed by atoms with Crippen LogP contribution in [0.3, 0.4) is 0 Å². The van der Waals surface area contributed by atoms with Crippen molar-refractivity contribution in [2.75, 3.05) is 6.61 Å². The number of aryl methyl sites for hydroxylation is 1. The van der Waals surface area contributed by atoms with Crippen molar-refractivity contribution in [2.24, 2.45) is 7.05 Å². The minimum absolute atomic E-state index is 0.511. The zero-order valence-electron chi connectivity index (χ0n) is 6.24. The standard InChI is InChI=1S/C6H11N3O/c1-3-10-4-6-7-5-9(2)8-6/h5H,3-4H2,1-2H3. The molecule has 0 saturated heterocycles. The van der Waals surface area contributed by atoms with Crippen LogP contribution in [0.2, 0.25) is 0 Å². The monoisotopic (exact) mass is 141 g/mol. The molecule has 0 spiro atoms. The molecule has 0 bridgehead atoms. The van der Waals surface area contributed by atoms with Gasteiger partial charge in [0.15, 0.2) is 5.82 Å². The van der Waals surface area contributed by atoms with E-state index >= 15 is 0 Å². The van der Waals surface area contributed by atoms with Gasteiger partial charge in [-0.15, -0.1) is 0 Å². The first-order valence-electron chi connectivity index (χ1n) is 3.25. The van der Waals surface area contributed by atoms with Crippen molar-refractivity contribution in [2.45, 2.75) is 13.5 Å². The minimum atomic E-state index is 0.511. The van der Waals surface area contributed by atoms with Gasteiger partial charge in [-0.2, -0.15) is 5.10 Å². The topological polar surface area (TPSA) is 39.9 Å². The van der Waals surface area contributed by atoms with Crippen molar-refractivity contribution in [3.63, 3.8) is 0 Å². The molecule has 4 heteroatoms. The summed E-state index contributed by atoms with van der Waals surface area (Å²) < 4.78 is 6.76. The second-order valence-corrected chi connectivity index (χ2v) is 1.97. The van der Waals surface area contributed by atoms with E-state index < -0.39 is 0 Å². The molecule has 0 unspecified atom stereocenters. The molecule has 10 heavy (non-hydrogen) atoms. The highest BCUT2D eigenvalue weighted by molar-refractivity contribution is 4.76. The number of ether oxygens (including phenoxy) is 1. The van der Waals surface area contributed by atoms with Crippen molar-refractivity contribution in [1.82, 2.24) is 14.8 Å². The Kier molecular flexibility index (Phi) is 2.39. The van der Waals surface area contributed by atoms with Gasteiger partial charge in [0.2, 0.25) is 0 Å². The largest absolute Gasteiger partial charge is 0.374 e. The van der Waals surface area contributed by atoms with Crippen molar-refractivity contribution in [1.29, 1.82) is 0 Å².